The van der Waals surface area contributed by atoms with E-state index in [4.69, 9.17) is 4.74 Å². The molecular formula is C25H21FN2O3. The second-order valence-corrected chi connectivity index (χ2v) is 7.41. The molecule has 3 aromatic carbocycles. The number of rotatable bonds is 5. The Balaban J connectivity index is 1.83. The Labute approximate surface area is 179 Å². The van der Waals surface area contributed by atoms with Crippen molar-refractivity contribution in [3.8, 4) is 5.75 Å². The summed E-state index contributed by atoms with van der Waals surface area (Å²) < 4.78 is 18.7. The van der Waals surface area contributed by atoms with Crippen LogP contribution in [0.1, 0.15) is 16.7 Å². The summed E-state index contributed by atoms with van der Waals surface area (Å²) in [5, 5.41) is 3.08. The highest BCUT2D eigenvalue weighted by atomic mass is 19.1. The van der Waals surface area contributed by atoms with Crippen LogP contribution >= 0.6 is 0 Å². The van der Waals surface area contributed by atoms with Crippen LogP contribution in [-0.4, -0.2) is 18.9 Å². The van der Waals surface area contributed by atoms with Gasteiger partial charge in [-0.2, -0.15) is 0 Å². The van der Waals surface area contributed by atoms with Gasteiger partial charge < -0.3 is 10.1 Å². The van der Waals surface area contributed by atoms with Crippen LogP contribution in [0.2, 0.25) is 0 Å². The molecule has 4 rings (SSSR count). The topological polar surface area (TPSA) is 58.6 Å². The Kier molecular flexibility index (Phi) is 5.29. The zero-order valence-electron chi connectivity index (χ0n) is 17.4. The monoisotopic (exact) mass is 416 g/mol. The second kappa shape index (κ2) is 8.07. The number of carbonyl (C=O) groups is 2. The number of nitrogens with zero attached hydrogens (tertiary/aromatic N) is 1. The maximum atomic E-state index is 13.5. The molecule has 3 aromatic rings. The van der Waals surface area contributed by atoms with Crippen LogP contribution in [0, 0.1) is 19.7 Å². The SMILES string of the molecule is COc1cccc(NC2=C(c3ccc(F)cc3)C(=O)N(c3cc(C)cc(C)c3)C2=O)c1. The fourth-order valence-corrected chi connectivity index (χ4v) is 3.69. The fraction of sp³-hybridized carbons (Fsp3) is 0.120. The summed E-state index contributed by atoms with van der Waals surface area (Å²) in [7, 11) is 1.55. The quantitative estimate of drug-likeness (QED) is 0.604. The Bertz CT molecular complexity index is 1200. The van der Waals surface area contributed by atoms with Gasteiger partial charge in [-0.1, -0.05) is 24.3 Å². The normalized spacial score (nSPS) is 13.7. The van der Waals surface area contributed by atoms with Crippen molar-refractivity contribution >= 4 is 28.8 Å². The molecule has 1 aliphatic rings. The van der Waals surface area contributed by atoms with Crippen LogP contribution in [0.3, 0.4) is 0 Å². The van der Waals surface area contributed by atoms with Crippen LogP contribution in [0.4, 0.5) is 15.8 Å². The molecule has 0 bridgehead atoms. The van der Waals surface area contributed by atoms with Gasteiger partial charge in [0.2, 0.25) is 0 Å². The minimum Gasteiger partial charge on any atom is -0.497 e. The van der Waals surface area contributed by atoms with Crippen LogP contribution in [-0.2, 0) is 9.59 Å². The van der Waals surface area contributed by atoms with Gasteiger partial charge in [0.1, 0.15) is 17.3 Å². The molecule has 1 heterocycles. The van der Waals surface area contributed by atoms with E-state index < -0.39 is 17.6 Å². The summed E-state index contributed by atoms with van der Waals surface area (Å²) in [5.74, 6) is -0.754. The van der Waals surface area contributed by atoms with E-state index in [9.17, 15) is 14.0 Å². The average Bonchev–Trinajstić information content (AvgIpc) is 2.98. The molecule has 0 unspecified atom stereocenters. The molecule has 156 valence electrons. The molecule has 0 radical (unpaired) electrons. The molecule has 0 spiro atoms. The smallest absolute Gasteiger partial charge is 0.282 e. The molecule has 0 saturated heterocycles. The maximum Gasteiger partial charge on any atom is 0.282 e. The van der Waals surface area contributed by atoms with Gasteiger partial charge >= 0.3 is 0 Å². The molecule has 2 amide bonds. The molecular weight excluding hydrogens is 395 g/mol. The highest BCUT2D eigenvalue weighted by molar-refractivity contribution is 6.46. The van der Waals surface area contributed by atoms with E-state index in [-0.39, 0.29) is 11.3 Å². The fourth-order valence-electron chi connectivity index (χ4n) is 3.69. The number of halogens is 1. The Morgan fingerprint density at radius 2 is 1.55 bits per heavy atom. The minimum absolute atomic E-state index is 0.129. The van der Waals surface area contributed by atoms with E-state index in [2.05, 4.69) is 5.32 Å². The molecule has 1 N–H and O–H groups in total. The number of benzene rings is 3. The summed E-state index contributed by atoms with van der Waals surface area (Å²) in [5.41, 5.74) is 3.74. The zero-order chi connectivity index (χ0) is 22.1. The Hall–Kier alpha value is -3.93. The number of hydrogen-bond acceptors (Lipinski definition) is 4. The first-order chi connectivity index (χ1) is 14.9. The first kappa shape index (κ1) is 20.3. The minimum atomic E-state index is -0.475. The van der Waals surface area contributed by atoms with Crippen molar-refractivity contribution in [3.63, 3.8) is 0 Å². The Morgan fingerprint density at radius 3 is 2.19 bits per heavy atom. The van der Waals surface area contributed by atoms with Gasteiger partial charge in [-0.15, -0.1) is 0 Å². The molecule has 0 atom stereocenters. The lowest BCUT2D eigenvalue weighted by Gasteiger charge is -2.17. The van der Waals surface area contributed by atoms with E-state index in [0.29, 0.717) is 22.7 Å². The molecule has 0 aromatic heterocycles. The van der Waals surface area contributed by atoms with E-state index in [1.165, 1.54) is 24.3 Å². The third-order valence-electron chi connectivity index (χ3n) is 5.02. The maximum absolute atomic E-state index is 13.5. The molecule has 5 nitrogen and oxygen atoms in total. The summed E-state index contributed by atoms with van der Waals surface area (Å²) in [4.78, 5) is 28.0. The lowest BCUT2D eigenvalue weighted by Crippen LogP contribution is -2.32. The number of hydrogen-bond donors (Lipinski definition) is 1. The van der Waals surface area contributed by atoms with Gasteiger partial charge in [0.15, 0.2) is 0 Å². The lowest BCUT2D eigenvalue weighted by atomic mass is 10.0. The van der Waals surface area contributed by atoms with Gasteiger partial charge in [-0.3, -0.25) is 9.59 Å². The number of nitrogens with one attached hydrogen (secondary N) is 1. The molecule has 1 aliphatic heterocycles. The summed E-state index contributed by atoms with van der Waals surface area (Å²) in [6.07, 6.45) is 0. The lowest BCUT2D eigenvalue weighted by molar-refractivity contribution is -0.120. The van der Waals surface area contributed by atoms with E-state index in [0.717, 1.165) is 16.0 Å². The van der Waals surface area contributed by atoms with E-state index in [1.54, 1.807) is 43.5 Å². The van der Waals surface area contributed by atoms with Gasteiger partial charge in [-0.25, -0.2) is 9.29 Å². The Morgan fingerprint density at radius 1 is 0.871 bits per heavy atom. The third kappa shape index (κ3) is 3.92. The molecule has 0 saturated carbocycles. The number of anilines is 2. The predicted octanol–water partition coefficient (Wildman–Crippen LogP) is 4.85. The standard InChI is InChI=1S/C25H21FN2O3/c1-15-11-16(2)13-20(12-15)28-24(29)22(17-7-9-18(26)10-8-17)23(25(28)30)27-19-5-4-6-21(14-19)31-3/h4-14,27H,1-3H3. The number of methoxy groups -OCH3 is 1. The van der Waals surface area contributed by atoms with E-state index >= 15 is 0 Å². The number of amides is 2. The van der Waals surface area contributed by atoms with Crippen LogP contribution in [0.5, 0.6) is 5.75 Å². The van der Waals surface area contributed by atoms with Crippen molar-refractivity contribution in [3.05, 3.63) is 94.9 Å². The van der Waals surface area contributed by atoms with Crippen LogP contribution in [0.25, 0.3) is 5.57 Å². The van der Waals surface area contributed by atoms with Crippen molar-refractivity contribution in [1.82, 2.24) is 0 Å². The van der Waals surface area contributed by atoms with E-state index in [1.807, 2.05) is 19.9 Å². The highest BCUT2D eigenvalue weighted by Gasteiger charge is 2.40. The zero-order valence-corrected chi connectivity index (χ0v) is 17.4. The van der Waals surface area contributed by atoms with Crippen LogP contribution in [0.15, 0.2) is 72.4 Å². The first-order valence-electron chi connectivity index (χ1n) is 9.76. The molecule has 0 aliphatic carbocycles. The number of aryl methyl sites for hydroxylation is 2. The largest absolute Gasteiger partial charge is 0.497 e. The van der Waals surface area contributed by atoms with Crippen molar-refractivity contribution < 1.29 is 18.7 Å². The molecule has 6 heteroatoms. The average molecular weight is 416 g/mol. The predicted molar refractivity (Wildman–Crippen MR) is 118 cm³/mol. The van der Waals surface area contributed by atoms with Gasteiger partial charge in [0.05, 0.1) is 18.4 Å². The molecule has 31 heavy (non-hydrogen) atoms. The third-order valence-corrected chi connectivity index (χ3v) is 5.02. The first-order valence-corrected chi connectivity index (χ1v) is 9.76. The summed E-state index contributed by atoms with van der Waals surface area (Å²) in [6, 6.07) is 18.1. The number of ether oxygens (including phenoxy) is 1. The van der Waals surface area contributed by atoms with Crippen LogP contribution < -0.4 is 15.0 Å². The number of carbonyl (C=O) groups excluding carboxylic acids is 2. The van der Waals surface area contributed by atoms with Gasteiger partial charge in [0.25, 0.3) is 11.8 Å². The summed E-state index contributed by atoms with van der Waals surface area (Å²) >= 11 is 0. The van der Waals surface area contributed by atoms with Gasteiger partial charge in [-0.05, 0) is 66.9 Å². The van der Waals surface area contributed by atoms with Crippen molar-refractivity contribution in [1.29, 1.82) is 0 Å². The second-order valence-electron chi connectivity index (χ2n) is 7.41. The van der Waals surface area contributed by atoms with Crippen molar-refractivity contribution in [2.45, 2.75) is 13.8 Å². The van der Waals surface area contributed by atoms with Crippen molar-refractivity contribution in [2.75, 3.05) is 17.3 Å². The number of imide groups is 1. The summed E-state index contributed by atoms with van der Waals surface area (Å²) in [6.45, 7) is 3.82. The molecule has 0 fully saturated rings. The van der Waals surface area contributed by atoms with Gasteiger partial charge in [0, 0.05) is 11.8 Å². The van der Waals surface area contributed by atoms with Crippen molar-refractivity contribution in [2.24, 2.45) is 0 Å². The highest BCUT2D eigenvalue weighted by Crippen LogP contribution is 2.35.